The van der Waals surface area contributed by atoms with Crippen LogP contribution in [0.25, 0.3) is 0 Å². The van der Waals surface area contributed by atoms with Crippen LogP contribution in [0.2, 0.25) is 0 Å². The molecule has 1 heterocycles. The first-order chi connectivity index (χ1) is 6.59. The van der Waals surface area contributed by atoms with E-state index in [4.69, 9.17) is 4.52 Å². The fraction of sp³-hybridized carbons (Fsp3) is 1.00. The lowest BCUT2D eigenvalue weighted by Crippen LogP contribution is -2.41. The van der Waals surface area contributed by atoms with Gasteiger partial charge < -0.3 is 4.90 Å². The zero-order valence-electron chi connectivity index (χ0n) is 9.40. The fourth-order valence-corrected chi connectivity index (χ4v) is 2.33. The third kappa shape index (κ3) is 4.04. The Bertz CT molecular complexity index is 197. The molecule has 0 aromatic heterocycles. The predicted octanol–water partition coefficient (Wildman–Crippen LogP) is 2.50. The summed E-state index contributed by atoms with van der Waals surface area (Å²) in [5.41, 5.74) is 0. The first-order valence-corrected chi connectivity index (χ1v) is 7.00. The summed E-state index contributed by atoms with van der Waals surface area (Å²) in [5, 5.41) is 0. The minimum Gasteiger partial charge on any atom is -0.301 e. The van der Waals surface area contributed by atoms with Gasteiger partial charge in [0.05, 0.1) is 0 Å². The van der Waals surface area contributed by atoms with Crippen molar-refractivity contribution in [2.24, 2.45) is 5.92 Å². The molecule has 0 aromatic carbocycles. The Morgan fingerprint density at radius 1 is 1.57 bits per heavy atom. The van der Waals surface area contributed by atoms with Gasteiger partial charge in [-0.15, -0.1) is 4.52 Å². The molecular weight excluding hydrogens is 197 g/mol. The van der Waals surface area contributed by atoms with Gasteiger partial charge in [-0.1, -0.05) is 0 Å². The van der Waals surface area contributed by atoms with Crippen molar-refractivity contribution in [2.75, 3.05) is 26.4 Å². The summed E-state index contributed by atoms with van der Waals surface area (Å²) in [6.45, 7) is 9.04. The van der Waals surface area contributed by atoms with Crippen LogP contribution in [0.4, 0.5) is 0 Å². The lowest BCUT2D eigenvalue weighted by Gasteiger charge is -2.34. The average Bonchev–Trinajstić information content (AvgIpc) is 2.15. The van der Waals surface area contributed by atoms with Gasteiger partial charge in [0.15, 0.2) is 6.66 Å². The Morgan fingerprint density at radius 3 is 2.86 bits per heavy atom. The molecule has 0 radical (unpaired) electrons. The Balaban J connectivity index is 2.29. The van der Waals surface area contributed by atoms with E-state index in [1.165, 1.54) is 19.4 Å². The highest BCUT2D eigenvalue weighted by Crippen LogP contribution is 2.23. The van der Waals surface area contributed by atoms with Crippen molar-refractivity contribution in [2.45, 2.75) is 32.7 Å². The third-order valence-electron chi connectivity index (χ3n) is 2.77. The van der Waals surface area contributed by atoms with Crippen molar-refractivity contribution >= 4 is 8.03 Å². The number of piperidine rings is 1. The van der Waals surface area contributed by atoms with E-state index < -0.39 is 8.03 Å². The van der Waals surface area contributed by atoms with Crippen molar-refractivity contribution in [1.29, 1.82) is 0 Å². The molecule has 4 heteroatoms. The molecular formula is C10H21NO2P+. The zero-order chi connectivity index (χ0) is 10.6. The van der Waals surface area contributed by atoms with Crippen LogP contribution in [0, 0.1) is 5.92 Å². The summed E-state index contributed by atoms with van der Waals surface area (Å²) < 4.78 is 16.0. The Labute approximate surface area is 87.7 Å². The van der Waals surface area contributed by atoms with Crippen LogP contribution >= 0.6 is 8.03 Å². The minimum atomic E-state index is -1.42. The lowest BCUT2D eigenvalue weighted by atomic mass is 9.98. The SMILES string of the molecule is CC(C)N1CCCC(CO[P+](C)=O)C1. The normalized spacial score (nSPS) is 25.4. The molecule has 1 aliphatic heterocycles. The van der Waals surface area contributed by atoms with E-state index in [1.54, 1.807) is 6.66 Å². The molecule has 0 aromatic rings. The standard InChI is InChI=1S/C10H21NO2P/c1-9(2)11-6-4-5-10(7-11)8-13-14(3)12/h9-10H,4-8H2,1-3H3/q+1. The van der Waals surface area contributed by atoms with Crippen molar-refractivity contribution in [3.05, 3.63) is 0 Å². The molecule has 1 saturated heterocycles. The monoisotopic (exact) mass is 218 g/mol. The molecule has 1 aliphatic rings. The molecule has 0 amide bonds. The first-order valence-electron chi connectivity index (χ1n) is 5.37. The fourth-order valence-electron chi connectivity index (χ4n) is 1.91. The van der Waals surface area contributed by atoms with Crippen LogP contribution in [-0.2, 0) is 9.09 Å². The van der Waals surface area contributed by atoms with Crippen LogP contribution in [-0.4, -0.2) is 37.3 Å². The van der Waals surface area contributed by atoms with Crippen LogP contribution in [0.1, 0.15) is 26.7 Å². The van der Waals surface area contributed by atoms with E-state index in [-0.39, 0.29) is 0 Å². The first kappa shape index (κ1) is 12.1. The lowest BCUT2D eigenvalue weighted by molar-refractivity contribution is 0.110. The second-order valence-electron chi connectivity index (χ2n) is 4.33. The summed E-state index contributed by atoms with van der Waals surface area (Å²) in [7, 11) is -1.42. The van der Waals surface area contributed by atoms with Crippen LogP contribution in [0.5, 0.6) is 0 Å². The van der Waals surface area contributed by atoms with E-state index in [1.807, 2.05) is 0 Å². The van der Waals surface area contributed by atoms with Crippen molar-refractivity contribution in [1.82, 2.24) is 4.90 Å². The van der Waals surface area contributed by atoms with Gasteiger partial charge in [-0.25, -0.2) is 0 Å². The maximum Gasteiger partial charge on any atom is 0.504 e. The van der Waals surface area contributed by atoms with Gasteiger partial charge in [0.25, 0.3) is 0 Å². The quantitative estimate of drug-likeness (QED) is 0.679. The second-order valence-corrected chi connectivity index (χ2v) is 5.47. The van der Waals surface area contributed by atoms with E-state index in [9.17, 15) is 4.57 Å². The highest BCUT2D eigenvalue weighted by Gasteiger charge is 2.23. The summed E-state index contributed by atoms with van der Waals surface area (Å²) in [5.74, 6) is 0.574. The zero-order valence-corrected chi connectivity index (χ0v) is 10.3. The summed E-state index contributed by atoms with van der Waals surface area (Å²) >= 11 is 0. The molecule has 1 rings (SSSR count). The topological polar surface area (TPSA) is 29.5 Å². The average molecular weight is 218 g/mol. The van der Waals surface area contributed by atoms with Gasteiger partial charge in [0.2, 0.25) is 0 Å². The molecule has 1 fully saturated rings. The van der Waals surface area contributed by atoms with Crippen LogP contribution in [0.15, 0.2) is 0 Å². The van der Waals surface area contributed by atoms with E-state index in [0.717, 1.165) is 6.54 Å². The Hall–Kier alpha value is 0.0200. The van der Waals surface area contributed by atoms with Gasteiger partial charge in [0.1, 0.15) is 6.61 Å². The van der Waals surface area contributed by atoms with E-state index in [2.05, 4.69) is 18.7 Å². The van der Waals surface area contributed by atoms with Crippen molar-refractivity contribution in [3.8, 4) is 0 Å². The molecule has 0 saturated carbocycles. The van der Waals surface area contributed by atoms with Gasteiger partial charge >= 0.3 is 8.03 Å². The highest BCUT2D eigenvalue weighted by molar-refractivity contribution is 7.38. The molecule has 0 bridgehead atoms. The van der Waals surface area contributed by atoms with E-state index >= 15 is 0 Å². The Kier molecular flexibility index (Phi) is 5.00. The maximum absolute atomic E-state index is 10.8. The number of rotatable bonds is 4. The molecule has 82 valence electrons. The van der Waals surface area contributed by atoms with Crippen molar-refractivity contribution in [3.63, 3.8) is 0 Å². The molecule has 0 N–H and O–H groups in total. The predicted molar refractivity (Wildman–Crippen MR) is 58.9 cm³/mol. The molecule has 0 aliphatic carbocycles. The van der Waals surface area contributed by atoms with Gasteiger partial charge in [0, 0.05) is 12.6 Å². The number of nitrogens with zero attached hydrogens (tertiary/aromatic N) is 1. The van der Waals surface area contributed by atoms with Gasteiger partial charge in [-0.3, -0.25) is 0 Å². The largest absolute Gasteiger partial charge is 0.504 e. The molecule has 0 spiro atoms. The highest BCUT2D eigenvalue weighted by atomic mass is 31.1. The van der Waals surface area contributed by atoms with Gasteiger partial charge in [-0.05, 0) is 43.7 Å². The van der Waals surface area contributed by atoms with Crippen LogP contribution < -0.4 is 0 Å². The molecule has 2 unspecified atom stereocenters. The third-order valence-corrected chi connectivity index (χ3v) is 3.29. The maximum atomic E-state index is 10.8. The molecule has 14 heavy (non-hydrogen) atoms. The Morgan fingerprint density at radius 2 is 2.29 bits per heavy atom. The summed E-state index contributed by atoms with van der Waals surface area (Å²) in [6.07, 6.45) is 2.46. The summed E-state index contributed by atoms with van der Waals surface area (Å²) in [6, 6.07) is 0.619. The minimum absolute atomic E-state index is 0.574. The number of hydrogen-bond acceptors (Lipinski definition) is 3. The van der Waals surface area contributed by atoms with Gasteiger partial charge in [-0.2, -0.15) is 0 Å². The second kappa shape index (κ2) is 5.79. The van der Waals surface area contributed by atoms with E-state index in [0.29, 0.717) is 18.6 Å². The molecule has 3 nitrogen and oxygen atoms in total. The number of hydrogen-bond donors (Lipinski definition) is 0. The molecule has 2 atom stereocenters. The van der Waals surface area contributed by atoms with Crippen LogP contribution in [0.3, 0.4) is 0 Å². The number of likely N-dealkylation sites (tertiary alicyclic amines) is 1. The van der Waals surface area contributed by atoms with Crippen molar-refractivity contribution < 1.29 is 9.09 Å². The summed E-state index contributed by atoms with van der Waals surface area (Å²) in [4.78, 5) is 2.47. The smallest absolute Gasteiger partial charge is 0.301 e.